The van der Waals surface area contributed by atoms with Crippen LogP contribution in [0.3, 0.4) is 0 Å². The van der Waals surface area contributed by atoms with Gasteiger partial charge >= 0.3 is 0 Å². The predicted molar refractivity (Wildman–Crippen MR) is 39.7 cm³/mol. The Morgan fingerprint density at radius 3 is 3.00 bits per heavy atom. The maximum Gasteiger partial charge on any atom is 0.241 e. The van der Waals surface area contributed by atoms with E-state index in [1.54, 1.807) is 6.08 Å². The van der Waals surface area contributed by atoms with Gasteiger partial charge in [0.25, 0.3) is 0 Å². The molecular formula is C7H11NO3. The maximum absolute atomic E-state index is 10.2. The summed E-state index contributed by atoms with van der Waals surface area (Å²) in [6.07, 6.45) is 3.46. The van der Waals surface area contributed by atoms with Gasteiger partial charge in [-0.25, -0.2) is 0 Å². The van der Waals surface area contributed by atoms with E-state index < -0.39 is 0 Å². The summed E-state index contributed by atoms with van der Waals surface area (Å²) in [5.41, 5.74) is 0.178. The lowest BCUT2D eigenvalue weighted by Crippen LogP contribution is -2.04. The van der Waals surface area contributed by atoms with Crippen molar-refractivity contribution in [3.8, 4) is 0 Å². The summed E-state index contributed by atoms with van der Waals surface area (Å²) in [4.78, 5) is 9.78. The number of allylic oxidation sites excluding steroid dienone is 1. The van der Waals surface area contributed by atoms with E-state index in [1.165, 1.54) is 6.92 Å². The van der Waals surface area contributed by atoms with Crippen LogP contribution in [-0.4, -0.2) is 17.6 Å². The molecule has 1 rings (SSSR count). The van der Waals surface area contributed by atoms with Crippen LogP contribution in [0.4, 0.5) is 0 Å². The number of rotatable bonds is 2. The summed E-state index contributed by atoms with van der Waals surface area (Å²) in [7, 11) is 0. The summed E-state index contributed by atoms with van der Waals surface area (Å²) >= 11 is 0. The van der Waals surface area contributed by atoms with Crippen LogP contribution in [0.15, 0.2) is 11.8 Å². The Bertz CT molecular complexity index is 182. The van der Waals surface area contributed by atoms with Crippen LogP contribution in [0.1, 0.15) is 19.8 Å². The Labute approximate surface area is 65.0 Å². The van der Waals surface area contributed by atoms with Crippen LogP contribution >= 0.6 is 0 Å². The standard InChI is InChI=1S/C7H11NO3/c1-6(8(9)10)5-7-3-2-4-11-7/h5,7H,2-4H2,1H3/b6-5+. The Kier molecular flexibility index (Phi) is 2.59. The van der Waals surface area contributed by atoms with E-state index in [2.05, 4.69) is 0 Å². The van der Waals surface area contributed by atoms with Crippen LogP contribution in [0.2, 0.25) is 0 Å². The molecule has 1 heterocycles. The maximum atomic E-state index is 10.2. The Morgan fingerprint density at radius 2 is 2.55 bits per heavy atom. The van der Waals surface area contributed by atoms with E-state index in [-0.39, 0.29) is 16.7 Å². The first kappa shape index (κ1) is 8.20. The number of ether oxygens (including phenoxy) is 1. The van der Waals surface area contributed by atoms with Gasteiger partial charge in [-0.3, -0.25) is 10.1 Å². The molecule has 0 aromatic carbocycles. The molecule has 0 amide bonds. The van der Waals surface area contributed by atoms with Gasteiger partial charge in [0.1, 0.15) is 0 Å². The summed E-state index contributed by atoms with van der Waals surface area (Å²) < 4.78 is 5.19. The smallest absolute Gasteiger partial charge is 0.241 e. The van der Waals surface area contributed by atoms with Crippen molar-refractivity contribution >= 4 is 0 Å². The first-order chi connectivity index (χ1) is 5.20. The van der Waals surface area contributed by atoms with Gasteiger partial charge in [0.15, 0.2) is 0 Å². The number of hydrogen-bond donors (Lipinski definition) is 0. The van der Waals surface area contributed by atoms with Crippen molar-refractivity contribution in [3.05, 3.63) is 21.9 Å². The van der Waals surface area contributed by atoms with Crippen molar-refractivity contribution in [2.24, 2.45) is 0 Å². The zero-order valence-electron chi connectivity index (χ0n) is 6.45. The fraction of sp³-hybridized carbons (Fsp3) is 0.714. The van der Waals surface area contributed by atoms with Gasteiger partial charge in [-0.15, -0.1) is 0 Å². The fourth-order valence-electron chi connectivity index (χ4n) is 1.06. The third-order valence-electron chi connectivity index (χ3n) is 1.68. The zero-order chi connectivity index (χ0) is 8.27. The largest absolute Gasteiger partial charge is 0.374 e. The monoisotopic (exact) mass is 157 g/mol. The van der Waals surface area contributed by atoms with Crippen molar-refractivity contribution in [2.45, 2.75) is 25.9 Å². The molecule has 1 atom stereocenters. The first-order valence-electron chi connectivity index (χ1n) is 3.64. The molecule has 0 aliphatic carbocycles. The summed E-state index contributed by atoms with van der Waals surface area (Å²) in [5.74, 6) is 0. The topological polar surface area (TPSA) is 52.4 Å². The minimum atomic E-state index is -0.387. The van der Waals surface area contributed by atoms with Crippen LogP contribution in [0, 0.1) is 10.1 Å². The highest BCUT2D eigenvalue weighted by atomic mass is 16.6. The Morgan fingerprint density at radius 1 is 1.82 bits per heavy atom. The highest BCUT2D eigenvalue weighted by molar-refractivity contribution is 4.95. The van der Waals surface area contributed by atoms with Crippen LogP contribution < -0.4 is 0 Å². The molecule has 0 saturated carbocycles. The predicted octanol–water partition coefficient (Wildman–Crippen LogP) is 1.35. The number of hydrogen-bond acceptors (Lipinski definition) is 3. The molecule has 0 aromatic rings. The highest BCUT2D eigenvalue weighted by Gasteiger charge is 2.15. The second kappa shape index (κ2) is 3.48. The third-order valence-corrected chi connectivity index (χ3v) is 1.68. The van der Waals surface area contributed by atoms with Gasteiger partial charge in [0.2, 0.25) is 5.70 Å². The van der Waals surface area contributed by atoms with E-state index >= 15 is 0 Å². The first-order valence-corrected chi connectivity index (χ1v) is 3.64. The van der Waals surface area contributed by atoms with Crippen molar-refractivity contribution in [2.75, 3.05) is 6.61 Å². The Balaban J connectivity index is 2.49. The van der Waals surface area contributed by atoms with Gasteiger partial charge < -0.3 is 4.74 Å². The van der Waals surface area contributed by atoms with Crippen molar-refractivity contribution < 1.29 is 9.66 Å². The second-order valence-electron chi connectivity index (χ2n) is 2.62. The average molecular weight is 157 g/mol. The molecule has 11 heavy (non-hydrogen) atoms. The molecule has 1 aliphatic heterocycles. The van der Waals surface area contributed by atoms with Crippen LogP contribution in [-0.2, 0) is 4.74 Å². The van der Waals surface area contributed by atoms with E-state index in [1.807, 2.05) is 0 Å². The molecule has 1 aliphatic rings. The van der Waals surface area contributed by atoms with Crippen LogP contribution in [0.5, 0.6) is 0 Å². The zero-order valence-corrected chi connectivity index (χ0v) is 6.45. The molecule has 0 aromatic heterocycles. The SMILES string of the molecule is C/C(=C\C1CCCO1)[N+](=O)[O-]. The Hall–Kier alpha value is -0.900. The normalized spacial score (nSPS) is 25.5. The number of nitrogens with zero attached hydrogens (tertiary/aromatic N) is 1. The lowest BCUT2D eigenvalue weighted by Gasteiger charge is -2.00. The number of nitro groups is 1. The van der Waals surface area contributed by atoms with Gasteiger partial charge in [-0.05, 0) is 12.8 Å². The van der Waals surface area contributed by atoms with Crippen molar-refractivity contribution in [3.63, 3.8) is 0 Å². The molecule has 0 N–H and O–H groups in total. The van der Waals surface area contributed by atoms with Gasteiger partial charge in [-0.1, -0.05) is 0 Å². The second-order valence-corrected chi connectivity index (χ2v) is 2.62. The van der Waals surface area contributed by atoms with E-state index in [9.17, 15) is 10.1 Å². The molecule has 1 unspecified atom stereocenters. The molecule has 4 nitrogen and oxygen atoms in total. The minimum absolute atomic E-state index is 0.0274. The molecule has 0 radical (unpaired) electrons. The third kappa shape index (κ3) is 2.31. The van der Waals surface area contributed by atoms with Gasteiger partial charge in [-0.2, -0.15) is 0 Å². The molecule has 1 fully saturated rings. The quantitative estimate of drug-likeness (QED) is 0.449. The molecule has 0 spiro atoms. The average Bonchev–Trinajstić information content (AvgIpc) is 2.39. The van der Waals surface area contributed by atoms with E-state index in [0.29, 0.717) is 0 Å². The summed E-state index contributed by atoms with van der Waals surface area (Å²) in [5, 5.41) is 10.2. The molecule has 4 heteroatoms. The summed E-state index contributed by atoms with van der Waals surface area (Å²) in [6, 6.07) is 0. The lowest BCUT2D eigenvalue weighted by atomic mass is 10.2. The van der Waals surface area contributed by atoms with Crippen LogP contribution in [0.25, 0.3) is 0 Å². The van der Waals surface area contributed by atoms with Crippen molar-refractivity contribution in [1.29, 1.82) is 0 Å². The highest BCUT2D eigenvalue weighted by Crippen LogP contribution is 2.14. The fourth-order valence-corrected chi connectivity index (χ4v) is 1.06. The summed E-state index contributed by atoms with van der Waals surface area (Å²) in [6.45, 7) is 2.22. The minimum Gasteiger partial charge on any atom is -0.374 e. The van der Waals surface area contributed by atoms with E-state index in [4.69, 9.17) is 4.74 Å². The van der Waals surface area contributed by atoms with Gasteiger partial charge in [0.05, 0.1) is 11.0 Å². The van der Waals surface area contributed by atoms with E-state index in [0.717, 1.165) is 19.4 Å². The molecular weight excluding hydrogens is 146 g/mol. The lowest BCUT2D eigenvalue weighted by molar-refractivity contribution is -0.425. The van der Waals surface area contributed by atoms with Crippen molar-refractivity contribution in [1.82, 2.24) is 0 Å². The molecule has 1 saturated heterocycles. The molecule has 62 valence electrons. The molecule has 0 bridgehead atoms. The van der Waals surface area contributed by atoms with Gasteiger partial charge in [0, 0.05) is 19.6 Å².